The Kier molecular flexibility index (Phi) is 3.44. The largest absolute Gasteiger partial charge is 0.340 e. The van der Waals surface area contributed by atoms with E-state index in [0.29, 0.717) is 12.0 Å². The number of hydrogen-bond donors (Lipinski definition) is 1. The lowest BCUT2D eigenvalue weighted by atomic mass is 9.94. The van der Waals surface area contributed by atoms with Crippen LogP contribution in [0.25, 0.3) is 0 Å². The molecule has 2 aliphatic rings. The molecule has 2 aliphatic heterocycles. The molecule has 2 heterocycles. The summed E-state index contributed by atoms with van der Waals surface area (Å²) in [7, 11) is 2.06. The van der Waals surface area contributed by atoms with E-state index in [1.165, 1.54) is 0 Å². The van der Waals surface area contributed by atoms with E-state index in [9.17, 15) is 9.59 Å². The monoisotopic (exact) mass is 273 g/mol. The number of nitrogens with zero attached hydrogens (tertiary/aromatic N) is 2. The fraction of sp³-hybridized carbons (Fsp3) is 0.467. The van der Waals surface area contributed by atoms with Crippen LogP contribution in [0.2, 0.25) is 0 Å². The molecule has 5 heteroatoms. The molecule has 0 unspecified atom stereocenters. The Morgan fingerprint density at radius 3 is 2.65 bits per heavy atom. The topological polar surface area (TPSA) is 52.7 Å². The average Bonchev–Trinajstić information content (AvgIpc) is 2.47. The summed E-state index contributed by atoms with van der Waals surface area (Å²) in [5, 5.41) is 2.84. The standard InChI is InChI=1S/C15H19N3O2/c1-17-6-8-18(9-7-17)15(20)13-10-11-4-2-3-5-12(11)14(19)16-13/h2-5,13H,6-10H2,1H3,(H,16,19)/t13-/m0/s1. The van der Waals surface area contributed by atoms with Gasteiger partial charge in [0.05, 0.1) is 0 Å². The number of hydrogen-bond acceptors (Lipinski definition) is 3. The molecule has 5 nitrogen and oxygen atoms in total. The molecule has 2 amide bonds. The van der Waals surface area contributed by atoms with Crippen LogP contribution >= 0.6 is 0 Å². The molecule has 0 spiro atoms. The first-order valence-electron chi connectivity index (χ1n) is 7.01. The molecule has 0 saturated carbocycles. The Morgan fingerprint density at radius 1 is 1.20 bits per heavy atom. The molecule has 0 aromatic heterocycles. The molecule has 1 aromatic carbocycles. The smallest absolute Gasteiger partial charge is 0.252 e. The molecule has 1 fully saturated rings. The van der Waals surface area contributed by atoms with Crippen molar-refractivity contribution in [3.05, 3.63) is 35.4 Å². The highest BCUT2D eigenvalue weighted by Crippen LogP contribution is 2.18. The minimum Gasteiger partial charge on any atom is -0.340 e. The quantitative estimate of drug-likeness (QED) is 0.790. The number of carbonyl (C=O) groups is 2. The van der Waals surface area contributed by atoms with Gasteiger partial charge in [0.1, 0.15) is 6.04 Å². The van der Waals surface area contributed by atoms with Crippen molar-refractivity contribution in [3.63, 3.8) is 0 Å². The Balaban J connectivity index is 1.73. The highest BCUT2D eigenvalue weighted by atomic mass is 16.2. The molecule has 1 N–H and O–H groups in total. The summed E-state index contributed by atoms with van der Waals surface area (Å²) in [4.78, 5) is 28.6. The SMILES string of the molecule is CN1CCN(C(=O)[C@@H]2Cc3ccccc3C(=O)N2)CC1. The number of benzene rings is 1. The van der Waals surface area contributed by atoms with Crippen molar-refractivity contribution in [1.82, 2.24) is 15.1 Å². The Morgan fingerprint density at radius 2 is 1.90 bits per heavy atom. The van der Waals surface area contributed by atoms with Gasteiger partial charge in [-0.3, -0.25) is 9.59 Å². The number of nitrogens with one attached hydrogen (secondary N) is 1. The highest BCUT2D eigenvalue weighted by Gasteiger charge is 2.32. The molecule has 0 bridgehead atoms. The fourth-order valence-corrected chi connectivity index (χ4v) is 2.82. The minimum atomic E-state index is -0.416. The number of fused-ring (bicyclic) bond motifs is 1. The zero-order valence-corrected chi connectivity index (χ0v) is 11.6. The number of likely N-dealkylation sites (N-methyl/N-ethyl adjacent to an activating group) is 1. The van der Waals surface area contributed by atoms with Crippen LogP contribution in [0.3, 0.4) is 0 Å². The van der Waals surface area contributed by atoms with Gasteiger partial charge in [0, 0.05) is 38.2 Å². The van der Waals surface area contributed by atoms with Crippen LogP contribution in [0, 0.1) is 0 Å². The van der Waals surface area contributed by atoms with E-state index in [1.807, 2.05) is 23.1 Å². The van der Waals surface area contributed by atoms with Crippen LogP contribution in [-0.4, -0.2) is 60.9 Å². The van der Waals surface area contributed by atoms with Gasteiger partial charge < -0.3 is 15.1 Å². The van der Waals surface area contributed by atoms with Crippen molar-refractivity contribution in [2.45, 2.75) is 12.5 Å². The van der Waals surface area contributed by atoms with E-state index >= 15 is 0 Å². The third kappa shape index (κ3) is 2.41. The molecule has 106 valence electrons. The third-order valence-electron chi connectivity index (χ3n) is 4.10. The van der Waals surface area contributed by atoms with Crippen molar-refractivity contribution in [3.8, 4) is 0 Å². The van der Waals surface area contributed by atoms with Crippen LogP contribution in [-0.2, 0) is 11.2 Å². The molecule has 1 saturated heterocycles. The highest BCUT2D eigenvalue weighted by molar-refractivity contribution is 6.00. The summed E-state index contributed by atoms with van der Waals surface area (Å²) >= 11 is 0. The first-order chi connectivity index (χ1) is 9.65. The van der Waals surface area contributed by atoms with Crippen molar-refractivity contribution in [2.75, 3.05) is 33.2 Å². The van der Waals surface area contributed by atoms with Gasteiger partial charge in [0.25, 0.3) is 5.91 Å². The second-order valence-electron chi connectivity index (χ2n) is 5.52. The maximum atomic E-state index is 12.5. The first kappa shape index (κ1) is 13.1. The molecular formula is C15H19N3O2. The summed E-state index contributed by atoms with van der Waals surface area (Å²) in [6.07, 6.45) is 0.590. The van der Waals surface area contributed by atoms with E-state index in [4.69, 9.17) is 0 Å². The van der Waals surface area contributed by atoms with Gasteiger partial charge in [0.15, 0.2) is 0 Å². The van der Waals surface area contributed by atoms with E-state index in [-0.39, 0.29) is 11.8 Å². The number of rotatable bonds is 1. The molecule has 3 rings (SSSR count). The van der Waals surface area contributed by atoms with Crippen molar-refractivity contribution >= 4 is 11.8 Å². The van der Waals surface area contributed by atoms with E-state index in [0.717, 1.165) is 31.7 Å². The zero-order valence-electron chi connectivity index (χ0n) is 11.6. The van der Waals surface area contributed by atoms with Crippen LogP contribution in [0.1, 0.15) is 15.9 Å². The van der Waals surface area contributed by atoms with E-state index in [2.05, 4.69) is 17.3 Å². The van der Waals surface area contributed by atoms with Crippen molar-refractivity contribution in [1.29, 1.82) is 0 Å². The lowest BCUT2D eigenvalue weighted by Gasteiger charge is -2.36. The molecule has 20 heavy (non-hydrogen) atoms. The molecule has 0 aliphatic carbocycles. The number of piperazine rings is 1. The minimum absolute atomic E-state index is 0.0425. The summed E-state index contributed by atoms with van der Waals surface area (Å²) in [6, 6.07) is 7.08. The zero-order chi connectivity index (χ0) is 14.1. The summed E-state index contributed by atoms with van der Waals surface area (Å²) in [6.45, 7) is 3.26. The molecule has 1 atom stereocenters. The van der Waals surface area contributed by atoms with E-state index in [1.54, 1.807) is 6.07 Å². The average molecular weight is 273 g/mol. The Bertz CT molecular complexity index is 536. The third-order valence-corrected chi connectivity index (χ3v) is 4.10. The summed E-state index contributed by atoms with van der Waals surface area (Å²) < 4.78 is 0. The van der Waals surface area contributed by atoms with Crippen LogP contribution in [0.5, 0.6) is 0 Å². The molecule has 1 aromatic rings. The van der Waals surface area contributed by atoms with E-state index < -0.39 is 6.04 Å². The maximum absolute atomic E-state index is 12.5. The Hall–Kier alpha value is -1.88. The van der Waals surface area contributed by atoms with Crippen LogP contribution < -0.4 is 5.32 Å². The Labute approximate surface area is 118 Å². The molecule has 0 radical (unpaired) electrons. The second kappa shape index (κ2) is 5.25. The fourth-order valence-electron chi connectivity index (χ4n) is 2.82. The van der Waals surface area contributed by atoms with Gasteiger partial charge in [-0.1, -0.05) is 18.2 Å². The van der Waals surface area contributed by atoms with Gasteiger partial charge in [-0.2, -0.15) is 0 Å². The first-order valence-corrected chi connectivity index (χ1v) is 7.01. The van der Waals surface area contributed by atoms with Gasteiger partial charge >= 0.3 is 0 Å². The number of amides is 2. The van der Waals surface area contributed by atoms with Gasteiger partial charge in [0.2, 0.25) is 5.91 Å². The van der Waals surface area contributed by atoms with Gasteiger partial charge in [-0.15, -0.1) is 0 Å². The normalized spacial score (nSPS) is 23.1. The predicted octanol–water partition coefficient (Wildman–Crippen LogP) is 0.115. The maximum Gasteiger partial charge on any atom is 0.252 e. The second-order valence-corrected chi connectivity index (χ2v) is 5.52. The number of carbonyl (C=O) groups excluding carboxylic acids is 2. The lowest BCUT2D eigenvalue weighted by Crippen LogP contribution is -2.56. The van der Waals surface area contributed by atoms with Crippen molar-refractivity contribution < 1.29 is 9.59 Å². The summed E-state index contributed by atoms with van der Waals surface area (Å²) in [5.74, 6) is -0.0970. The molecular weight excluding hydrogens is 254 g/mol. The summed E-state index contributed by atoms with van der Waals surface area (Å²) in [5.41, 5.74) is 1.65. The van der Waals surface area contributed by atoms with Crippen molar-refractivity contribution in [2.24, 2.45) is 0 Å². The van der Waals surface area contributed by atoms with Gasteiger partial charge in [-0.25, -0.2) is 0 Å². The predicted molar refractivity (Wildman–Crippen MR) is 75.5 cm³/mol. The van der Waals surface area contributed by atoms with Crippen LogP contribution in [0.15, 0.2) is 24.3 Å². The van der Waals surface area contributed by atoms with Crippen LogP contribution in [0.4, 0.5) is 0 Å². The lowest BCUT2D eigenvalue weighted by molar-refractivity contribution is -0.134. The van der Waals surface area contributed by atoms with Gasteiger partial charge in [-0.05, 0) is 18.7 Å².